The quantitative estimate of drug-likeness (QED) is 0.254. The second-order valence-corrected chi connectivity index (χ2v) is 7.18. The van der Waals surface area contributed by atoms with Crippen molar-refractivity contribution in [1.29, 1.82) is 0 Å². The summed E-state index contributed by atoms with van der Waals surface area (Å²) >= 11 is 0. The first-order valence-corrected chi connectivity index (χ1v) is 9.91. The number of para-hydroxylation sites is 3. The van der Waals surface area contributed by atoms with Gasteiger partial charge in [-0.05, 0) is 48.5 Å². The molecular formula is C25H17F2N3O2. The van der Waals surface area contributed by atoms with Gasteiger partial charge in [0.2, 0.25) is 0 Å². The van der Waals surface area contributed by atoms with Crippen molar-refractivity contribution < 1.29 is 18.3 Å². The largest absolute Gasteiger partial charge is 0.435 e. The van der Waals surface area contributed by atoms with Crippen LogP contribution in [0.15, 0.2) is 79.0 Å². The van der Waals surface area contributed by atoms with Gasteiger partial charge < -0.3 is 14.7 Å². The van der Waals surface area contributed by atoms with E-state index in [1.165, 1.54) is 24.3 Å². The number of alkyl halides is 2. The van der Waals surface area contributed by atoms with Crippen molar-refractivity contribution in [1.82, 2.24) is 15.0 Å². The van der Waals surface area contributed by atoms with E-state index in [0.29, 0.717) is 17.0 Å². The predicted molar refractivity (Wildman–Crippen MR) is 120 cm³/mol. The van der Waals surface area contributed by atoms with Gasteiger partial charge in [0.05, 0.1) is 16.6 Å². The van der Waals surface area contributed by atoms with Gasteiger partial charge in [-0.3, -0.25) is 4.79 Å². The molecule has 3 aromatic carbocycles. The van der Waals surface area contributed by atoms with Crippen molar-refractivity contribution >= 4 is 39.4 Å². The second-order valence-electron chi connectivity index (χ2n) is 7.18. The first kappa shape index (κ1) is 19.7. The zero-order valence-corrected chi connectivity index (χ0v) is 16.7. The summed E-state index contributed by atoms with van der Waals surface area (Å²) in [7, 11) is 0. The minimum absolute atomic E-state index is 0.0116. The summed E-state index contributed by atoms with van der Waals surface area (Å²) in [5.74, 6) is 0.120. The van der Waals surface area contributed by atoms with E-state index in [-0.39, 0.29) is 11.5 Å². The Morgan fingerprint density at radius 1 is 0.938 bits per heavy atom. The predicted octanol–water partition coefficient (Wildman–Crippen LogP) is 6.07. The number of Topliss-reactive ketones (excluding diaryl/α,β-unsaturated/α-hetero) is 1. The lowest BCUT2D eigenvalue weighted by molar-refractivity contribution is -0.0498. The summed E-state index contributed by atoms with van der Waals surface area (Å²) in [5.41, 5.74) is 4.01. The Kier molecular flexibility index (Phi) is 4.99. The molecule has 0 spiro atoms. The van der Waals surface area contributed by atoms with Crippen LogP contribution in [0.25, 0.3) is 33.6 Å². The van der Waals surface area contributed by atoms with Crippen LogP contribution in [0.4, 0.5) is 8.78 Å². The van der Waals surface area contributed by atoms with Crippen LogP contribution in [0.1, 0.15) is 21.7 Å². The number of imidazole rings is 1. The maximum Gasteiger partial charge on any atom is 0.387 e. The second kappa shape index (κ2) is 8.11. The number of fused-ring (bicyclic) bond motifs is 2. The Morgan fingerprint density at radius 3 is 2.41 bits per heavy atom. The van der Waals surface area contributed by atoms with Crippen molar-refractivity contribution in [2.45, 2.75) is 6.61 Å². The number of nitrogens with zero attached hydrogens (tertiary/aromatic N) is 1. The Hall–Kier alpha value is -4.26. The van der Waals surface area contributed by atoms with Crippen LogP contribution >= 0.6 is 0 Å². The lowest BCUT2D eigenvalue weighted by Gasteiger charge is -2.07. The Bertz CT molecular complexity index is 1420. The van der Waals surface area contributed by atoms with Crippen molar-refractivity contribution in [2.75, 3.05) is 0 Å². The van der Waals surface area contributed by atoms with Gasteiger partial charge in [0.1, 0.15) is 11.6 Å². The number of hydrogen-bond acceptors (Lipinski definition) is 3. The average molecular weight is 429 g/mol. The first-order chi connectivity index (χ1) is 15.6. The highest BCUT2D eigenvalue weighted by molar-refractivity contribution is 6.32. The molecule has 5 rings (SSSR count). The highest BCUT2D eigenvalue weighted by Gasteiger charge is 2.19. The fraction of sp³-hybridized carbons (Fsp3) is 0.0400. The summed E-state index contributed by atoms with van der Waals surface area (Å²) in [6.45, 7) is -2.93. The number of aromatic amines is 2. The smallest absolute Gasteiger partial charge is 0.387 e. The summed E-state index contributed by atoms with van der Waals surface area (Å²) in [4.78, 5) is 24.5. The maximum atomic E-state index is 13.5. The third-order valence-electron chi connectivity index (χ3n) is 5.15. The van der Waals surface area contributed by atoms with Crippen LogP contribution in [-0.4, -0.2) is 27.3 Å². The lowest BCUT2D eigenvalue weighted by Crippen LogP contribution is -2.05. The molecule has 0 atom stereocenters. The standard InChI is InChI=1S/C25H17F2N3O2/c26-25(27)32-17-11-9-15(10-12-17)23(31)19(24-29-21-7-3-4-8-22(21)30-24)13-16-14-28-20-6-2-1-5-18(16)20/h1-14,25,28H,(H,29,30)/b19-13-. The molecule has 32 heavy (non-hydrogen) atoms. The monoisotopic (exact) mass is 429 g/mol. The molecule has 0 aliphatic rings. The number of hydrogen-bond donors (Lipinski definition) is 2. The molecule has 0 unspecified atom stereocenters. The number of benzene rings is 3. The molecule has 0 fully saturated rings. The zero-order chi connectivity index (χ0) is 22.1. The van der Waals surface area contributed by atoms with Crippen molar-refractivity contribution in [3.05, 3.63) is 95.9 Å². The van der Waals surface area contributed by atoms with Gasteiger partial charge in [0.15, 0.2) is 5.78 Å². The molecule has 2 N–H and O–H groups in total. The summed E-state index contributed by atoms with van der Waals surface area (Å²) < 4.78 is 29.3. The minimum Gasteiger partial charge on any atom is -0.435 e. The normalized spacial score (nSPS) is 12.0. The third kappa shape index (κ3) is 3.76. The van der Waals surface area contributed by atoms with Crippen molar-refractivity contribution in [3.8, 4) is 5.75 Å². The fourth-order valence-electron chi connectivity index (χ4n) is 3.63. The maximum absolute atomic E-state index is 13.5. The number of halogens is 2. The summed E-state index contributed by atoms with van der Waals surface area (Å²) in [6.07, 6.45) is 3.61. The first-order valence-electron chi connectivity index (χ1n) is 9.91. The number of ketones is 1. The van der Waals surface area contributed by atoms with Crippen LogP contribution in [0.3, 0.4) is 0 Å². The SMILES string of the molecule is O=C(/C(=C/c1c[nH]c2ccccc12)c1nc2ccccc2[nH]1)c1ccc(OC(F)F)cc1. The summed E-state index contributed by atoms with van der Waals surface area (Å²) in [5, 5.41) is 0.967. The van der Waals surface area contributed by atoms with E-state index in [1.54, 1.807) is 6.08 Å². The van der Waals surface area contributed by atoms with Crippen LogP contribution < -0.4 is 4.74 Å². The number of nitrogens with one attached hydrogen (secondary N) is 2. The molecule has 0 aliphatic carbocycles. The van der Waals surface area contributed by atoms with E-state index in [4.69, 9.17) is 0 Å². The number of carbonyl (C=O) groups is 1. The van der Waals surface area contributed by atoms with Gasteiger partial charge in [0, 0.05) is 28.2 Å². The van der Waals surface area contributed by atoms with Gasteiger partial charge >= 0.3 is 6.61 Å². The average Bonchev–Trinajstić information content (AvgIpc) is 3.41. The van der Waals surface area contributed by atoms with E-state index in [1.807, 2.05) is 54.7 Å². The number of carbonyl (C=O) groups excluding carboxylic acids is 1. The topological polar surface area (TPSA) is 70.8 Å². The number of ether oxygens (including phenoxy) is 1. The van der Waals surface area contributed by atoms with Gasteiger partial charge in [0.25, 0.3) is 0 Å². The number of rotatable bonds is 6. The molecule has 158 valence electrons. The van der Waals surface area contributed by atoms with Crippen molar-refractivity contribution in [3.63, 3.8) is 0 Å². The van der Waals surface area contributed by atoms with Gasteiger partial charge in [-0.1, -0.05) is 30.3 Å². The van der Waals surface area contributed by atoms with E-state index >= 15 is 0 Å². The van der Waals surface area contributed by atoms with Crippen molar-refractivity contribution in [2.24, 2.45) is 0 Å². The minimum atomic E-state index is -2.93. The molecule has 0 bridgehead atoms. The molecule has 0 saturated carbocycles. The number of H-pyrrole nitrogens is 2. The fourth-order valence-corrected chi connectivity index (χ4v) is 3.63. The molecule has 5 nitrogen and oxygen atoms in total. The van der Waals surface area contributed by atoms with Crippen LogP contribution in [0, 0.1) is 0 Å². The van der Waals surface area contributed by atoms with E-state index in [9.17, 15) is 13.6 Å². The Balaban J connectivity index is 1.61. The van der Waals surface area contributed by atoms with E-state index in [0.717, 1.165) is 27.5 Å². The van der Waals surface area contributed by atoms with Gasteiger partial charge in [-0.15, -0.1) is 0 Å². The van der Waals surface area contributed by atoms with E-state index < -0.39 is 6.61 Å². The molecule has 0 amide bonds. The molecular weight excluding hydrogens is 412 g/mol. The van der Waals surface area contributed by atoms with Gasteiger partial charge in [-0.25, -0.2) is 4.98 Å². The van der Waals surface area contributed by atoms with Crippen LogP contribution in [0.5, 0.6) is 5.75 Å². The molecule has 0 aliphatic heterocycles. The Morgan fingerprint density at radius 2 is 1.66 bits per heavy atom. The molecule has 0 radical (unpaired) electrons. The molecule has 7 heteroatoms. The highest BCUT2D eigenvalue weighted by Crippen LogP contribution is 2.27. The number of aromatic nitrogens is 3. The van der Waals surface area contributed by atoms with Gasteiger partial charge in [-0.2, -0.15) is 8.78 Å². The lowest BCUT2D eigenvalue weighted by atomic mass is 10.00. The van der Waals surface area contributed by atoms with Crippen LogP contribution in [0.2, 0.25) is 0 Å². The zero-order valence-electron chi connectivity index (χ0n) is 16.7. The molecule has 2 aromatic heterocycles. The van der Waals surface area contributed by atoms with Crippen LogP contribution in [-0.2, 0) is 0 Å². The molecule has 2 heterocycles. The molecule has 0 saturated heterocycles. The Labute approximate surface area is 181 Å². The third-order valence-corrected chi connectivity index (χ3v) is 5.15. The molecule has 5 aromatic rings. The summed E-state index contributed by atoms with van der Waals surface area (Å²) in [6, 6.07) is 20.9. The number of allylic oxidation sites excluding steroid dienone is 1. The van der Waals surface area contributed by atoms with E-state index in [2.05, 4.69) is 19.7 Å². The highest BCUT2D eigenvalue weighted by atomic mass is 19.3.